The molecule has 1 aliphatic rings. The highest BCUT2D eigenvalue weighted by atomic mass is 15.2. The summed E-state index contributed by atoms with van der Waals surface area (Å²) in [6, 6.07) is 14.8. The maximum absolute atomic E-state index is 9.67. The Morgan fingerprint density at radius 3 is 2.92 bits per heavy atom. The van der Waals surface area contributed by atoms with Crippen LogP contribution >= 0.6 is 0 Å². The monoisotopic (exact) mass is 345 g/mol. The van der Waals surface area contributed by atoms with Crippen molar-refractivity contribution in [1.82, 2.24) is 20.0 Å². The molecule has 1 aliphatic heterocycles. The summed E-state index contributed by atoms with van der Waals surface area (Å²) in [6.07, 6.45) is 3.01. The Balaban J connectivity index is 1.59. The summed E-state index contributed by atoms with van der Waals surface area (Å²) in [5, 5.41) is 17.8. The minimum atomic E-state index is 0.734. The molecule has 5 heteroatoms. The smallest absolute Gasteiger partial charge is 0.0998 e. The predicted molar refractivity (Wildman–Crippen MR) is 104 cm³/mol. The maximum Gasteiger partial charge on any atom is 0.0998 e. The molecule has 1 fully saturated rings. The Hall–Kier alpha value is -2.68. The number of nitrogens with one attached hydrogen (secondary N) is 1. The number of hydrogen-bond acceptors (Lipinski definition) is 4. The zero-order valence-corrected chi connectivity index (χ0v) is 15.1. The molecule has 1 saturated heterocycles. The van der Waals surface area contributed by atoms with Gasteiger partial charge in [-0.05, 0) is 61.4 Å². The number of aromatic amines is 1. The van der Waals surface area contributed by atoms with Crippen LogP contribution in [0.4, 0.5) is 0 Å². The SMILES string of the molecule is CN1CCCN(Cc2ccc(-c3ccc4[nH]ncc4c3)c(C#N)c2)CC1. The van der Waals surface area contributed by atoms with Crippen LogP contribution in [0.5, 0.6) is 0 Å². The summed E-state index contributed by atoms with van der Waals surface area (Å²) in [6.45, 7) is 5.37. The Morgan fingerprint density at radius 2 is 2.04 bits per heavy atom. The molecule has 5 nitrogen and oxygen atoms in total. The van der Waals surface area contributed by atoms with Gasteiger partial charge in [0.25, 0.3) is 0 Å². The van der Waals surface area contributed by atoms with Crippen molar-refractivity contribution in [1.29, 1.82) is 5.26 Å². The predicted octanol–water partition coefficient (Wildman–Crippen LogP) is 3.24. The van der Waals surface area contributed by atoms with Crippen molar-refractivity contribution in [3.05, 3.63) is 53.7 Å². The van der Waals surface area contributed by atoms with Crippen LogP contribution in [0.15, 0.2) is 42.6 Å². The lowest BCUT2D eigenvalue weighted by Crippen LogP contribution is -2.28. The van der Waals surface area contributed by atoms with E-state index in [0.29, 0.717) is 0 Å². The Bertz CT molecular complexity index is 952. The fourth-order valence-corrected chi connectivity index (χ4v) is 3.66. The zero-order valence-electron chi connectivity index (χ0n) is 15.1. The Kier molecular flexibility index (Phi) is 4.70. The Labute approximate surface area is 153 Å². The van der Waals surface area contributed by atoms with Gasteiger partial charge >= 0.3 is 0 Å². The van der Waals surface area contributed by atoms with Gasteiger partial charge in [0.2, 0.25) is 0 Å². The molecule has 132 valence electrons. The summed E-state index contributed by atoms with van der Waals surface area (Å²) in [5.74, 6) is 0. The largest absolute Gasteiger partial charge is 0.305 e. The number of H-pyrrole nitrogens is 1. The van der Waals surface area contributed by atoms with Crippen molar-refractivity contribution in [3.63, 3.8) is 0 Å². The van der Waals surface area contributed by atoms with E-state index in [2.05, 4.69) is 51.3 Å². The molecule has 0 spiro atoms. The number of hydrogen-bond donors (Lipinski definition) is 1. The van der Waals surface area contributed by atoms with Gasteiger partial charge in [-0.1, -0.05) is 18.2 Å². The van der Waals surface area contributed by atoms with Crippen LogP contribution < -0.4 is 0 Å². The van der Waals surface area contributed by atoms with Gasteiger partial charge in [-0.2, -0.15) is 10.4 Å². The van der Waals surface area contributed by atoms with E-state index >= 15 is 0 Å². The molecule has 3 aromatic rings. The van der Waals surface area contributed by atoms with E-state index in [0.717, 1.165) is 60.3 Å². The second-order valence-corrected chi connectivity index (χ2v) is 7.10. The summed E-state index contributed by atoms with van der Waals surface area (Å²) in [5.41, 5.74) is 4.99. The third kappa shape index (κ3) is 3.48. The van der Waals surface area contributed by atoms with Crippen LogP contribution in [0, 0.1) is 11.3 Å². The molecule has 0 unspecified atom stereocenters. The van der Waals surface area contributed by atoms with E-state index in [1.807, 2.05) is 24.4 Å². The first-order chi connectivity index (χ1) is 12.7. The molecule has 0 atom stereocenters. The number of nitrogens with zero attached hydrogens (tertiary/aromatic N) is 4. The van der Waals surface area contributed by atoms with Gasteiger partial charge in [-0.25, -0.2) is 0 Å². The zero-order chi connectivity index (χ0) is 17.9. The van der Waals surface area contributed by atoms with Crippen molar-refractivity contribution < 1.29 is 0 Å². The third-order valence-corrected chi connectivity index (χ3v) is 5.17. The van der Waals surface area contributed by atoms with Crippen LogP contribution in [0.25, 0.3) is 22.0 Å². The number of benzene rings is 2. The fourth-order valence-electron chi connectivity index (χ4n) is 3.66. The number of likely N-dealkylation sites (N-methyl/N-ethyl adjacent to an activating group) is 1. The molecule has 26 heavy (non-hydrogen) atoms. The molecule has 4 rings (SSSR count). The molecule has 2 aromatic carbocycles. The molecule has 0 amide bonds. The normalized spacial score (nSPS) is 16.5. The molecule has 1 N–H and O–H groups in total. The topological polar surface area (TPSA) is 58.9 Å². The summed E-state index contributed by atoms with van der Waals surface area (Å²) in [7, 11) is 2.18. The Morgan fingerprint density at radius 1 is 1.12 bits per heavy atom. The third-order valence-electron chi connectivity index (χ3n) is 5.17. The van der Waals surface area contributed by atoms with Gasteiger partial charge < -0.3 is 4.90 Å². The highest BCUT2D eigenvalue weighted by Gasteiger charge is 2.14. The number of aromatic nitrogens is 2. The number of fused-ring (bicyclic) bond motifs is 1. The van der Waals surface area contributed by atoms with E-state index < -0.39 is 0 Å². The van der Waals surface area contributed by atoms with Gasteiger partial charge in [0.15, 0.2) is 0 Å². The molecule has 0 radical (unpaired) electrons. The van der Waals surface area contributed by atoms with Crippen molar-refractivity contribution in [3.8, 4) is 17.2 Å². The van der Waals surface area contributed by atoms with E-state index in [-0.39, 0.29) is 0 Å². The van der Waals surface area contributed by atoms with E-state index in [9.17, 15) is 5.26 Å². The van der Waals surface area contributed by atoms with Crippen LogP contribution in [0.1, 0.15) is 17.5 Å². The average molecular weight is 345 g/mol. The fraction of sp³-hybridized carbons (Fsp3) is 0.333. The van der Waals surface area contributed by atoms with Crippen LogP contribution in [0.2, 0.25) is 0 Å². The van der Waals surface area contributed by atoms with Gasteiger partial charge in [0.1, 0.15) is 0 Å². The average Bonchev–Trinajstić information content (AvgIpc) is 3.04. The number of nitriles is 1. The first kappa shape index (κ1) is 16.8. The minimum Gasteiger partial charge on any atom is -0.305 e. The van der Waals surface area contributed by atoms with Crippen LogP contribution in [0.3, 0.4) is 0 Å². The summed E-state index contributed by atoms with van der Waals surface area (Å²) >= 11 is 0. The highest BCUT2D eigenvalue weighted by Crippen LogP contribution is 2.27. The van der Waals surface area contributed by atoms with E-state index in [1.165, 1.54) is 12.0 Å². The maximum atomic E-state index is 9.67. The molecular weight excluding hydrogens is 322 g/mol. The van der Waals surface area contributed by atoms with Gasteiger partial charge in [0.05, 0.1) is 23.3 Å². The minimum absolute atomic E-state index is 0.734. The van der Waals surface area contributed by atoms with E-state index in [1.54, 1.807) is 0 Å². The van der Waals surface area contributed by atoms with Gasteiger partial charge in [-0.3, -0.25) is 10.00 Å². The van der Waals surface area contributed by atoms with Gasteiger partial charge in [-0.15, -0.1) is 0 Å². The molecule has 2 heterocycles. The first-order valence-electron chi connectivity index (χ1n) is 9.10. The lowest BCUT2D eigenvalue weighted by Gasteiger charge is -2.20. The molecule has 1 aromatic heterocycles. The van der Waals surface area contributed by atoms with Crippen LogP contribution in [-0.2, 0) is 6.54 Å². The summed E-state index contributed by atoms with van der Waals surface area (Å²) < 4.78 is 0. The van der Waals surface area contributed by atoms with Crippen molar-refractivity contribution in [2.24, 2.45) is 0 Å². The lowest BCUT2D eigenvalue weighted by molar-refractivity contribution is 0.269. The second-order valence-electron chi connectivity index (χ2n) is 7.10. The van der Waals surface area contributed by atoms with Crippen LogP contribution in [-0.4, -0.2) is 53.2 Å². The second kappa shape index (κ2) is 7.28. The quantitative estimate of drug-likeness (QED) is 0.792. The molecule has 0 bridgehead atoms. The van der Waals surface area contributed by atoms with Crippen molar-refractivity contribution >= 4 is 10.9 Å². The molecule has 0 saturated carbocycles. The number of rotatable bonds is 3. The van der Waals surface area contributed by atoms with Crippen molar-refractivity contribution in [2.75, 3.05) is 33.2 Å². The first-order valence-corrected chi connectivity index (χ1v) is 9.10. The molecule has 0 aliphatic carbocycles. The van der Waals surface area contributed by atoms with Gasteiger partial charge in [0, 0.05) is 25.0 Å². The van der Waals surface area contributed by atoms with Crippen molar-refractivity contribution in [2.45, 2.75) is 13.0 Å². The lowest BCUT2D eigenvalue weighted by atomic mass is 9.97. The standard InChI is InChI=1S/C21H23N5/c1-25-7-2-8-26(10-9-25)15-16-3-5-20(18(11-16)13-22)17-4-6-21-19(12-17)14-23-24-21/h3-6,11-12,14H,2,7-10,15H2,1H3,(H,23,24). The van der Waals surface area contributed by atoms with E-state index in [4.69, 9.17) is 0 Å². The summed E-state index contributed by atoms with van der Waals surface area (Å²) in [4.78, 5) is 4.87. The molecular formula is C21H23N5. The highest BCUT2D eigenvalue weighted by molar-refractivity contribution is 5.85.